The third kappa shape index (κ3) is 0.639. The summed E-state index contributed by atoms with van der Waals surface area (Å²) >= 11 is 0. The first kappa shape index (κ1) is 7.41. The molecule has 10 heavy (non-hydrogen) atoms. The first-order valence-corrected chi connectivity index (χ1v) is 3.18. The molecule has 0 saturated heterocycles. The number of methoxy groups -OCH3 is 1. The molecule has 0 radical (unpaired) electrons. The molecule has 0 aromatic carbocycles. The first-order valence-electron chi connectivity index (χ1n) is 3.18. The molecule has 1 aliphatic rings. The van der Waals surface area contributed by atoms with Crippen molar-refractivity contribution in [3.05, 3.63) is 0 Å². The lowest BCUT2D eigenvalue weighted by Gasteiger charge is -1.95. The van der Waals surface area contributed by atoms with Crippen molar-refractivity contribution in [3.8, 4) is 0 Å². The van der Waals surface area contributed by atoms with Crippen molar-refractivity contribution in [2.24, 2.45) is 11.3 Å². The summed E-state index contributed by atoms with van der Waals surface area (Å²) in [5.41, 5.74) is -0.825. The second-order valence-electron chi connectivity index (χ2n) is 2.68. The van der Waals surface area contributed by atoms with Crippen LogP contribution in [0.4, 0.5) is 0 Å². The maximum atomic E-state index is 10.4. The predicted molar refractivity (Wildman–Crippen MR) is 34.5 cm³/mol. The molecule has 1 aliphatic carbocycles. The molecular formula is C7H10O3. The van der Waals surface area contributed by atoms with Crippen LogP contribution in [-0.4, -0.2) is 25.8 Å². The topological polar surface area (TPSA) is 43.4 Å². The van der Waals surface area contributed by atoms with Gasteiger partial charge in [0.2, 0.25) is 0 Å². The zero-order valence-electron chi connectivity index (χ0n) is 6.03. The average molecular weight is 142 g/mol. The minimum Gasteiger partial charge on any atom is -0.380 e. The molecule has 3 heteroatoms. The van der Waals surface area contributed by atoms with Gasteiger partial charge in [-0.15, -0.1) is 0 Å². The van der Waals surface area contributed by atoms with Gasteiger partial charge in [0.1, 0.15) is 18.0 Å². The number of hydrogen-bond acceptors (Lipinski definition) is 3. The van der Waals surface area contributed by atoms with Gasteiger partial charge in [-0.05, 0) is 0 Å². The monoisotopic (exact) mass is 142 g/mol. The van der Waals surface area contributed by atoms with E-state index in [1.54, 1.807) is 0 Å². The number of carbonyl (C=O) groups excluding carboxylic acids is 2. The van der Waals surface area contributed by atoms with E-state index in [-0.39, 0.29) is 12.0 Å². The minimum absolute atomic E-state index is 0.0486. The van der Waals surface area contributed by atoms with Crippen molar-refractivity contribution in [1.29, 1.82) is 0 Å². The van der Waals surface area contributed by atoms with Crippen molar-refractivity contribution in [2.75, 3.05) is 7.11 Å². The molecule has 0 heterocycles. The normalized spacial score (nSPS) is 35.0. The summed E-state index contributed by atoms with van der Waals surface area (Å²) in [6.45, 7) is 1.83. The summed E-state index contributed by atoms with van der Waals surface area (Å²) < 4.78 is 4.91. The summed E-state index contributed by atoms with van der Waals surface area (Å²) in [5.74, 6) is 0.0486. The van der Waals surface area contributed by atoms with Gasteiger partial charge in [-0.1, -0.05) is 6.92 Å². The molecule has 0 bridgehead atoms. The minimum atomic E-state index is -0.825. The van der Waals surface area contributed by atoms with Gasteiger partial charge >= 0.3 is 0 Å². The highest BCUT2D eigenvalue weighted by Crippen LogP contribution is 2.50. The predicted octanol–water partition coefficient (Wildman–Crippen LogP) is 0.0353. The molecule has 2 atom stereocenters. The van der Waals surface area contributed by atoms with Gasteiger partial charge in [0.05, 0.1) is 6.10 Å². The molecule has 56 valence electrons. The number of hydrogen-bond donors (Lipinski definition) is 0. The highest BCUT2D eigenvalue weighted by atomic mass is 16.5. The molecule has 1 saturated carbocycles. The lowest BCUT2D eigenvalue weighted by Crippen LogP contribution is -2.11. The van der Waals surface area contributed by atoms with E-state index in [0.717, 1.165) is 0 Å². The Morgan fingerprint density at radius 3 is 2.00 bits per heavy atom. The Balaban J connectivity index is 2.72. The van der Waals surface area contributed by atoms with E-state index in [1.165, 1.54) is 7.11 Å². The van der Waals surface area contributed by atoms with Gasteiger partial charge in [-0.2, -0.15) is 0 Å². The van der Waals surface area contributed by atoms with Gasteiger partial charge in [-0.3, -0.25) is 0 Å². The smallest absolute Gasteiger partial charge is 0.136 e. The Morgan fingerprint density at radius 2 is 1.90 bits per heavy atom. The Labute approximate surface area is 59.4 Å². The third-order valence-electron chi connectivity index (χ3n) is 2.29. The lowest BCUT2D eigenvalue weighted by molar-refractivity contribution is -0.122. The van der Waals surface area contributed by atoms with E-state index in [9.17, 15) is 9.59 Å². The van der Waals surface area contributed by atoms with Crippen LogP contribution in [0.15, 0.2) is 0 Å². The van der Waals surface area contributed by atoms with Crippen LogP contribution in [0.5, 0.6) is 0 Å². The van der Waals surface area contributed by atoms with Crippen LogP contribution in [0.3, 0.4) is 0 Å². The summed E-state index contributed by atoms with van der Waals surface area (Å²) in [6, 6.07) is 0. The molecular weight excluding hydrogens is 132 g/mol. The largest absolute Gasteiger partial charge is 0.380 e. The second kappa shape index (κ2) is 2.16. The highest BCUT2D eigenvalue weighted by Gasteiger charge is 2.63. The molecule has 3 nitrogen and oxygen atoms in total. The summed E-state index contributed by atoms with van der Waals surface area (Å²) in [6.07, 6.45) is 1.17. The second-order valence-corrected chi connectivity index (χ2v) is 2.68. The molecule has 0 aromatic rings. The average Bonchev–Trinajstić information content (AvgIpc) is 2.56. The van der Waals surface area contributed by atoms with Crippen molar-refractivity contribution in [3.63, 3.8) is 0 Å². The fraction of sp³-hybridized carbons (Fsp3) is 0.714. The van der Waals surface area contributed by atoms with E-state index >= 15 is 0 Å². The van der Waals surface area contributed by atoms with Crippen LogP contribution in [-0.2, 0) is 14.3 Å². The van der Waals surface area contributed by atoms with Crippen molar-refractivity contribution in [1.82, 2.24) is 0 Å². The van der Waals surface area contributed by atoms with Gasteiger partial charge < -0.3 is 14.3 Å². The van der Waals surface area contributed by atoms with Gasteiger partial charge in [0.25, 0.3) is 0 Å². The Morgan fingerprint density at radius 1 is 1.40 bits per heavy atom. The number of rotatable bonds is 3. The van der Waals surface area contributed by atoms with Crippen LogP contribution >= 0.6 is 0 Å². The molecule has 0 unspecified atom stereocenters. The molecule has 1 rings (SSSR count). The van der Waals surface area contributed by atoms with Crippen LogP contribution in [0, 0.1) is 11.3 Å². The number of ether oxygens (including phenoxy) is 1. The zero-order valence-corrected chi connectivity index (χ0v) is 6.03. The summed E-state index contributed by atoms with van der Waals surface area (Å²) in [4.78, 5) is 20.8. The zero-order chi connectivity index (χ0) is 7.78. The van der Waals surface area contributed by atoms with Gasteiger partial charge in [-0.25, -0.2) is 0 Å². The summed E-state index contributed by atoms with van der Waals surface area (Å²) in [5, 5.41) is 0. The van der Waals surface area contributed by atoms with Crippen molar-refractivity contribution in [2.45, 2.75) is 13.0 Å². The Kier molecular flexibility index (Phi) is 1.60. The van der Waals surface area contributed by atoms with Crippen molar-refractivity contribution < 1.29 is 14.3 Å². The van der Waals surface area contributed by atoms with Crippen LogP contribution < -0.4 is 0 Å². The molecule has 0 N–H and O–H groups in total. The molecule has 0 aliphatic heterocycles. The van der Waals surface area contributed by atoms with E-state index in [1.807, 2.05) is 6.92 Å². The molecule has 1 fully saturated rings. The van der Waals surface area contributed by atoms with E-state index in [2.05, 4.69) is 0 Å². The quantitative estimate of drug-likeness (QED) is 0.412. The maximum Gasteiger partial charge on any atom is 0.136 e. The molecule has 0 aromatic heterocycles. The Bertz CT molecular complexity index is 156. The SMILES string of the molecule is CO[C@H]1[C@@H](C)C1(C=O)C=O. The van der Waals surface area contributed by atoms with Crippen molar-refractivity contribution >= 4 is 12.6 Å². The van der Waals surface area contributed by atoms with Gasteiger partial charge in [0, 0.05) is 13.0 Å². The van der Waals surface area contributed by atoms with E-state index in [4.69, 9.17) is 4.74 Å². The molecule has 0 spiro atoms. The lowest BCUT2D eigenvalue weighted by atomic mass is 10.1. The first-order chi connectivity index (χ1) is 4.72. The van der Waals surface area contributed by atoms with Crippen LogP contribution in [0.2, 0.25) is 0 Å². The van der Waals surface area contributed by atoms with E-state index in [0.29, 0.717) is 12.6 Å². The Hall–Kier alpha value is -0.700. The third-order valence-corrected chi connectivity index (χ3v) is 2.29. The number of carbonyl (C=O) groups is 2. The fourth-order valence-electron chi connectivity index (χ4n) is 1.36. The van der Waals surface area contributed by atoms with Gasteiger partial charge in [0.15, 0.2) is 0 Å². The van der Waals surface area contributed by atoms with Crippen LogP contribution in [0.25, 0.3) is 0 Å². The van der Waals surface area contributed by atoms with Crippen LogP contribution in [0.1, 0.15) is 6.92 Å². The molecule has 0 amide bonds. The standard InChI is InChI=1S/C7H10O3/c1-5-6(10-2)7(5,3-8)4-9/h3-6H,1-2H3/t5-,6+/m1/s1. The fourth-order valence-corrected chi connectivity index (χ4v) is 1.36. The highest BCUT2D eigenvalue weighted by molar-refractivity contribution is 5.90. The maximum absolute atomic E-state index is 10.4. The summed E-state index contributed by atoms with van der Waals surface area (Å²) in [7, 11) is 1.51. The van der Waals surface area contributed by atoms with E-state index < -0.39 is 5.41 Å². The number of aldehydes is 2.